The summed E-state index contributed by atoms with van der Waals surface area (Å²) in [5, 5.41) is 12.3. The third-order valence-corrected chi connectivity index (χ3v) is 3.52. The van der Waals surface area contributed by atoms with Crippen LogP contribution in [0.2, 0.25) is 0 Å². The molecule has 0 aliphatic heterocycles. The summed E-state index contributed by atoms with van der Waals surface area (Å²) in [5.74, 6) is -1.29. The van der Waals surface area contributed by atoms with Gasteiger partial charge in [-0.15, -0.1) is 0 Å². The van der Waals surface area contributed by atoms with Crippen LogP contribution in [0.4, 0.5) is 5.82 Å². The number of nitrogens with zero attached hydrogens (tertiary/aromatic N) is 1. The van der Waals surface area contributed by atoms with Crippen molar-refractivity contribution in [2.24, 2.45) is 11.7 Å². The van der Waals surface area contributed by atoms with Gasteiger partial charge in [-0.1, -0.05) is 0 Å². The average Bonchev–Trinajstić information content (AvgIpc) is 3.12. The van der Waals surface area contributed by atoms with Crippen molar-refractivity contribution >= 4 is 17.7 Å². The number of anilines is 1. The Labute approximate surface area is 111 Å². The molecule has 1 saturated carbocycles. The number of aliphatic carboxylic acids is 1. The number of carbonyl (C=O) groups excluding carboxylic acids is 1. The van der Waals surface area contributed by atoms with Crippen molar-refractivity contribution in [1.82, 2.24) is 4.98 Å². The third-order valence-electron chi connectivity index (χ3n) is 3.52. The second-order valence-electron chi connectivity index (χ2n) is 5.12. The quantitative estimate of drug-likeness (QED) is 0.739. The summed E-state index contributed by atoms with van der Waals surface area (Å²) in [7, 11) is 0. The highest BCUT2D eigenvalue weighted by Crippen LogP contribution is 2.41. The molecule has 6 nitrogen and oxygen atoms in total. The van der Waals surface area contributed by atoms with Crippen molar-refractivity contribution in [3.63, 3.8) is 0 Å². The number of hydrogen-bond donors (Lipinski definition) is 3. The van der Waals surface area contributed by atoms with Crippen molar-refractivity contribution < 1.29 is 14.7 Å². The first-order valence-corrected chi connectivity index (χ1v) is 6.13. The molecule has 102 valence electrons. The largest absolute Gasteiger partial charge is 0.480 e. The van der Waals surface area contributed by atoms with Gasteiger partial charge in [0.25, 0.3) is 5.91 Å². The zero-order chi connectivity index (χ0) is 14.2. The fourth-order valence-corrected chi connectivity index (χ4v) is 2.09. The van der Waals surface area contributed by atoms with Crippen LogP contribution in [0.1, 0.15) is 35.8 Å². The summed E-state index contributed by atoms with van der Waals surface area (Å²) < 4.78 is 0. The molecule has 0 bridgehead atoms. The Morgan fingerprint density at radius 3 is 2.58 bits per heavy atom. The zero-order valence-electron chi connectivity index (χ0n) is 10.9. The fraction of sp³-hybridized carbons (Fsp3) is 0.462. The summed E-state index contributed by atoms with van der Waals surface area (Å²) in [4.78, 5) is 27.0. The Bertz CT molecular complexity index is 540. The van der Waals surface area contributed by atoms with E-state index in [0.717, 1.165) is 12.8 Å². The monoisotopic (exact) mass is 263 g/mol. The topological polar surface area (TPSA) is 105 Å². The molecule has 1 aliphatic rings. The fourth-order valence-electron chi connectivity index (χ4n) is 2.09. The molecule has 4 N–H and O–H groups in total. The van der Waals surface area contributed by atoms with Crippen molar-refractivity contribution in [2.75, 3.05) is 5.32 Å². The van der Waals surface area contributed by atoms with Crippen molar-refractivity contribution in [3.05, 3.63) is 23.4 Å². The standard InChI is InChI=1S/C13H17N3O3/c1-7-3-6-9(10(14)17)11(15-7)16-13(2,12(18)19)8-4-5-8/h3,6,8H,4-5H2,1-2H3,(H2,14,17)(H,15,16)(H,18,19). The molecule has 1 fully saturated rings. The van der Waals surface area contributed by atoms with E-state index in [1.54, 1.807) is 26.0 Å². The van der Waals surface area contributed by atoms with E-state index in [1.165, 1.54) is 0 Å². The maximum Gasteiger partial charge on any atom is 0.329 e. The van der Waals surface area contributed by atoms with E-state index in [4.69, 9.17) is 5.73 Å². The van der Waals surface area contributed by atoms with Gasteiger partial charge in [-0.25, -0.2) is 9.78 Å². The Hall–Kier alpha value is -2.11. The molecule has 2 rings (SSSR count). The minimum atomic E-state index is -1.12. The van der Waals surface area contributed by atoms with E-state index in [2.05, 4.69) is 10.3 Å². The second kappa shape index (κ2) is 4.53. The summed E-state index contributed by atoms with van der Waals surface area (Å²) in [6.45, 7) is 3.38. The SMILES string of the molecule is Cc1ccc(C(N)=O)c(NC(C)(C(=O)O)C2CC2)n1. The molecule has 1 aromatic heterocycles. The number of amides is 1. The normalized spacial score (nSPS) is 17.6. The van der Waals surface area contributed by atoms with Crippen LogP contribution in [0.15, 0.2) is 12.1 Å². The van der Waals surface area contributed by atoms with Crippen LogP contribution in [-0.4, -0.2) is 27.5 Å². The van der Waals surface area contributed by atoms with E-state index in [0.29, 0.717) is 5.69 Å². The predicted molar refractivity (Wildman–Crippen MR) is 69.9 cm³/mol. The molecule has 19 heavy (non-hydrogen) atoms. The van der Waals surface area contributed by atoms with Crippen molar-refractivity contribution in [3.8, 4) is 0 Å². The number of carboxylic acids is 1. The van der Waals surface area contributed by atoms with Gasteiger partial charge in [0.2, 0.25) is 0 Å². The molecule has 0 saturated heterocycles. The van der Waals surface area contributed by atoms with Crippen LogP contribution in [0, 0.1) is 12.8 Å². The van der Waals surface area contributed by atoms with Gasteiger partial charge in [0.05, 0.1) is 5.56 Å². The number of aromatic nitrogens is 1. The molecule has 0 spiro atoms. The van der Waals surface area contributed by atoms with E-state index < -0.39 is 17.4 Å². The average molecular weight is 263 g/mol. The van der Waals surface area contributed by atoms with Gasteiger partial charge in [-0.3, -0.25) is 4.79 Å². The summed E-state index contributed by atoms with van der Waals surface area (Å²) in [6.07, 6.45) is 1.71. The predicted octanol–water partition coefficient (Wildman–Crippen LogP) is 1.15. The van der Waals surface area contributed by atoms with E-state index in [-0.39, 0.29) is 17.3 Å². The first-order chi connectivity index (χ1) is 8.84. The number of nitrogens with one attached hydrogen (secondary N) is 1. The van der Waals surface area contributed by atoms with Gasteiger partial charge in [0.15, 0.2) is 0 Å². The summed E-state index contributed by atoms with van der Waals surface area (Å²) in [5.41, 5.74) is 5.06. The number of aryl methyl sites for hydroxylation is 1. The molecule has 0 radical (unpaired) electrons. The summed E-state index contributed by atoms with van der Waals surface area (Å²) in [6, 6.07) is 3.22. The number of nitrogens with two attached hydrogens (primary N) is 1. The lowest BCUT2D eigenvalue weighted by Crippen LogP contribution is -2.46. The number of rotatable bonds is 5. The zero-order valence-corrected chi connectivity index (χ0v) is 10.9. The highest BCUT2D eigenvalue weighted by atomic mass is 16.4. The molecule has 1 heterocycles. The molecule has 1 aliphatic carbocycles. The van der Waals surface area contributed by atoms with Crippen LogP contribution in [-0.2, 0) is 4.79 Å². The molecule has 6 heteroatoms. The van der Waals surface area contributed by atoms with Gasteiger partial charge in [-0.2, -0.15) is 0 Å². The molecular weight excluding hydrogens is 246 g/mol. The summed E-state index contributed by atoms with van der Waals surface area (Å²) >= 11 is 0. The van der Waals surface area contributed by atoms with Crippen molar-refractivity contribution in [2.45, 2.75) is 32.2 Å². The Morgan fingerprint density at radius 2 is 2.11 bits per heavy atom. The van der Waals surface area contributed by atoms with Gasteiger partial charge in [0, 0.05) is 5.69 Å². The van der Waals surface area contributed by atoms with Crippen LogP contribution in [0.3, 0.4) is 0 Å². The number of carboxylic acid groups (broad SMARTS) is 1. The molecule has 1 amide bonds. The smallest absolute Gasteiger partial charge is 0.329 e. The van der Waals surface area contributed by atoms with Crippen LogP contribution < -0.4 is 11.1 Å². The first kappa shape index (κ1) is 13.3. The van der Waals surface area contributed by atoms with Crippen LogP contribution >= 0.6 is 0 Å². The van der Waals surface area contributed by atoms with E-state index in [1.807, 2.05) is 0 Å². The van der Waals surface area contributed by atoms with Gasteiger partial charge < -0.3 is 16.2 Å². The number of carbonyl (C=O) groups is 2. The maximum atomic E-state index is 11.5. The molecule has 1 unspecified atom stereocenters. The van der Waals surface area contributed by atoms with Gasteiger partial charge in [0.1, 0.15) is 11.4 Å². The Kier molecular flexibility index (Phi) is 3.18. The van der Waals surface area contributed by atoms with Crippen molar-refractivity contribution in [1.29, 1.82) is 0 Å². The number of primary amides is 1. The minimum Gasteiger partial charge on any atom is -0.480 e. The molecule has 1 aromatic rings. The number of hydrogen-bond acceptors (Lipinski definition) is 4. The lowest BCUT2D eigenvalue weighted by atomic mass is 9.95. The third kappa shape index (κ3) is 2.52. The van der Waals surface area contributed by atoms with Crippen LogP contribution in [0.25, 0.3) is 0 Å². The van der Waals surface area contributed by atoms with Gasteiger partial charge >= 0.3 is 5.97 Å². The van der Waals surface area contributed by atoms with Crippen LogP contribution in [0.5, 0.6) is 0 Å². The lowest BCUT2D eigenvalue weighted by molar-refractivity contribution is -0.142. The van der Waals surface area contributed by atoms with E-state index >= 15 is 0 Å². The highest BCUT2D eigenvalue weighted by molar-refractivity contribution is 5.98. The molecule has 1 atom stereocenters. The first-order valence-electron chi connectivity index (χ1n) is 6.13. The highest BCUT2D eigenvalue weighted by Gasteiger charge is 2.48. The Morgan fingerprint density at radius 1 is 1.47 bits per heavy atom. The van der Waals surface area contributed by atoms with Gasteiger partial charge in [-0.05, 0) is 44.7 Å². The Balaban J connectivity index is 2.38. The molecular formula is C13H17N3O3. The lowest BCUT2D eigenvalue weighted by Gasteiger charge is -2.27. The molecule has 0 aromatic carbocycles. The minimum absolute atomic E-state index is 0.0491. The van der Waals surface area contributed by atoms with E-state index in [9.17, 15) is 14.7 Å². The maximum absolute atomic E-state index is 11.5. The second-order valence-corrected chi connectivity index (χ2v) is 5.12. The number of pyridine rings is 1.